The van der Waals surface area contributed by atoms with E-state index >= 15 is 0 Å². The average molecular weight is 309 g/mol. The lowest BCUT2D eigenvalue weighted by Gasteiger charge is -2.30. The molecule has 0 unspecified atom stereocenters. The van der Waals surface area contributed by atoms with Gasteiger partial charge in [-0.25, -0.2) is 0 Å². The lowest BCUT2D eigenvalue weighted by molar-refractivity contribution is 0.115. The van der Waals surface area contributed by atoms with Crippen molar-refractivity contribution in [3.8, 4) is 0 Å². The number of aryl methyl sites for hydroxylation is 2. The van der Waals surface area contributed by atoms with Crippen LogP contribution < -0.4 is 0 Å². The van der Waals surface area contributed by atoms with Gasteiger partial charge in [0.2, 0.25) is 0 Å². The number of hydrogen-bond acceptors (Lipinski definition) is 3. The molecule has 0 saturated carbocycles. The predicted molar refractivity (Wildman–Crippen MR) is 83.6 cm³/mol. The van der Waals surface area contributed by atoms with Crippen LogP contribution in [0.3, 0.4) is 0 Å². The lowest BCUT2D eigenvalue weighted by atomic mass is 9.78. The van der Waals surface area contributed by atoms with Gasteiger partial charge in [0.25, 0.3) is 0 Å². The molecule has 0 amide bonds. The summed E-state index contributed by atoms with van der Waals surface area (Å²) >= 11 is 6.39. The molecule has 0 spiro atoms. The van der Waals surface area contributed by atoms with Crippen LogP contribution in [-0.2, 0) is 25.3 Å². The molecule has 0 radical (unpaired) electrons. The Morgan fingerprint density at radius 2 is 1.81 bits per heavy atom. The van der Waals surface area contributed by atoms with Crippen molar-refractivity contribution >= 4 is 11.6 Å². The molecule has 0 saturated heterocycles. The maximum absolute atomic E-state index is 9.90. The summed E-state index contributed by atoms with van der Waals surface area (Å²) in [6.45, 7) is 1.69. The summed E-state index contributed by atoms with van der Waals surface area (Å²) in [5, 5.41) is 24.8. The number of benzene rings is 1. The molecule has 0 fully saturated rings. The van der Waals surface area contributed by atoms with E-state index in [1.54, 1.807) is 4.68 Å². The Balaban J connectivity index is 2.44. The highest BCUT2D eigenvalue weighted by Crippen LogP contribution is 2.32. The first kappa shape index (κ1) is 16.0. The number of hydrogen-bond donors (Lipinski definition) is 2. The van der Waals surface area contributed by atoms with Crippen LogP contribution in [0.2, 0.25) is 5.02 Å². The molecule has 0 atom stereocenters. The molecule has 2 rings (SSSR count). The SMILES string of the molecule is CCc1nn(C)c(CC(CO)(CO)c2ccccc2)c1Cl. The molecule has 5 heteroatoms. The first-order valence-corrected chi connectivity index (χ1v) is 7.43. The molecule has 0 bridgehead atoms. The van der Waals surface area contributed by atoms with Crippen molar-refractivity contribution in [2.24, 2.45) is 7.05 Å². The van der Waals surface area contributed by atoms with Gasteiger partial charge in [0.05, 0.1) is 29.6 Å². The smallest absolute Gasteiger partial charge is 0.0850 e. The van der Waals surface area contributed by atoms with Gasteiger partial charge in [-0.1, -0.05) is 48.9 Å². The van der Waals surface area contributed by atoms with Crippen molar-refractivity contribution in [2.45, 2.75) is 25.2 Å². The van der Waals surface area contributed by atoms with Gasteiger partial charge in [-0.2, -0.15) is 5.10 Å². The third-order valence-electron chi connectivity index (χ3n) is 4.00. The molecule has 1 aromatic heterocycles. The van der Waals surface area contributed by atoms with E-state index in [0.717, 1.165) is 23.4 Å². The van der Waals surface area contributed by atoms with Gasteiger partial charge >= 0.3 is 0 Å². The Kier molecular flexibility index (Phi) is 5.04. The van der Waals surface area contributed by atoms with E-state index in [0.29, 0.717) is 11.4 Å². The number of halogens is 1. The van der Waals surface area contributed by atoms with E-state index in [2.05, 4.69) is 5.10 Å². The Labute approximate surface area is 130 Å². The van der Waals surface area contributed by atoms with Crippen LogP contribution >= 0.6 is 11.6 Å². The van der Waals surface area contributed by atoms with Crippen LogP contribution in [0, 0.1) is 0 Å². The molecule has 4 nitrogen and oxygen atoms in total. The summed E-state index contributed by atoms with van der Waals surface area (Å²) in [4.78, 5) is 0. The quantitative estimate of drug-likeness (QED) is 0.859. The fraction of sp³-hybridized carbons (Fsp3) is 0.438. The number of aliphatic hydroxyl groups is 2. The lowest BCUT2D eigenvalue weighted by Crippen LogP contribution is -2.38. The molecule has 0 aliphatic heterocycles. The van der Waals surface area contributed by atoms with Crippen LogP contribution in [0.5, 0.6) is 0 Å². The van der Waals surface area contributed by atoms with Crippen molar-refractivity contribution in [2.75, 3.05) is 13.2 Å². The van der Waals surface area contributed by atoms with Crippen molar-refractivity contribution in [3.63, 3.8) is 0 Å². The molecule has 0 aliphatic rings. The maximum atomic E-state index is 9.90. The molecule has 0 aliphatic carbocycles. The second-order valence-corrected chi connectivity index (χ2v) is 5.70. The Morgan fingerprint density at radius 1 is 1.19 bits per heavy atom. The van der Waals surface area contributed by atoms with Gasteiger partial charge in [-0.15, -0.1) is 0 Å². The summed E-state index contributed by atoms with van der Waals surface area (Å²) < 4.78 is 1.74. The van der Waals surface area contributed by atoms with Crippen LogP contribution in [0.25, 0.3) is 0 Å². The predicted octanol–water partition coefficient (Wildman–Crippen LogP) is 2.10. The van der Waals surface area contributed by atoms with E-state index in [9.17, 15) is 10.2 Å². The monoisotopic (exact) mass is 308 g/mol. The zero-order chi connectivity index (χ0) is 15.5. The third kappa shape index (κ3) is 2.98. The highest BCUT2D eigenvalue weighted by molar-refractivity contribution is 6.31. The minimum Gasteiger partial charge on any atom is -0.395 e. The molecule has 114 valence electrons. The standard InChI is InChI=1S/C16H21ClN2O2/c1-3-13-15(17)14(19(2)18-13)9-16(10-20,11-21)12-7-5-4-6-8-12/h4-8,20-21H,3,9-11H2,1-2H3. The van der Waals surface area contributed by atoms with E-state index in [1.165, 1.54) is 0 Å². The number of nitrogens with zero attached hydrogens (tertiary/aromatic N) is 2. The van der Waals surface area contributed by atoms with Gasteiger partial charge in [-0.3, -0.25) is 4.68 Å². The fourth-order valence-electron chi connectivity index (χ4n) is 2.57. The zero-order valence-electron chi connectivity index (χ0n) is 12.4. The summed E-state index contributed by atoms with van der Waals surface area (Å²) in [6, 6.07) is 9.54. The van der Waals surface area contributed by atoms with E-state index in [-0.39, 0.29) is 13.2 Å². The molecule has 21 heavy (non-hydrogen) atoms. The molecular weight excluding hydrogens is 288 g/mol. The molecule has 1 heterocycles. The van der Waals surface area contributed by atoms with Crippen LogP contribution in [0.4, 0.5) is 0 Å². The fourth-order valence-corrected chi connectivity index (χ4v) is 2.93. The topological polar surface area (TPSA) is 58.3 Å². The van der Waals surface area contributed by atoms with Crippen molar-refractivity contribution in [3.05, 3.63) is 52.3 Å². The van der Waals surface area contributed by atoms with Crippen LogP contribution in [0.1, 0.15) is 23.9 Å². The maximum Gasteiger partial charge on any atom is 0.0850 e. The number of rotatable bonds is 6. The van der Waals surface area contributed by atoms with Gasteiger partial charge in [0.1, 0.15) is 0 Å². The zero-order valence-corrected chi connectivity index (χ0v) is 13.1. The van der Waals surface area contributed by atoms with Gasteiger partial charge in [-0.05, 0) is 12.0 Å². The Bertz CT molecular complexity index is 592. The normalized spacial score (nSPS) is 11.9. The Hall–Kier alpha value is -1.36. The minimum atomic E-state index is -0.760. The molecule has 2 aromatic rings. The first-order valence-electron chi connectivity index (χ1n) is 7.05. The average Bonchev–Trinajstić information content (AvgIpc) is 2.80. The van der Waals surface area contributed by atoms with Crippen molar-refractivity contribution in [1.29, 1.82) is 0 Å². The van der Waals surface area contributed by atoms with Crippen LogP contribution in [-0.4, -0.2) is 33.2 Å². The molecule has 1 aromatic carbocycles. The minimum absolute atomic E-state index is 0.156. The highest BCUT2D eigenvalue weighted by Gasteiger charge is 2.33. The van der Waals surface area contributed by atoms with Crippen molar-refractivity contribution in [1.82, 2.24) is 9.78 Å². The largest absolute Gasteiger partial charge is 0.395 e. The van der Waals surface area contributed by atoms with E-state index in [4.69, 9.17) is 11.6 Å². The van der Waals surface area contributed by atoms with Gasteiger partial charge in [0, 0.05) is 18.9 Å². The Morgan fingerprint density at radius 3 is 2.29 bits per heavy atom. The number of aromatic nitrogens is 2. The second-order valence-electron chi connectivity index (χ2n) is 5.32. The van der Waals surface area contributed by atoms with E-state index in [1.807, 2.05) is 44.3 Å². The summed E-state index contributed by atoms with van der Waals surface area (Å²) in [6.07, 6.45) is 1.19. The summed E-state index contributed by atoms with van der Waals surface area (Å²) in [7, 11) is 1.84. The molecule has 2 N–H and O–H groups in total. The van der Waals surface area contributed by atoms with Gasteiger partial charge in [0.15, 0.2) is 0 Å². The molecular formula is C16H21ClN2O2. The highest BCUT2D eigenvalue weighted by atomic mass is 35.5. The van der Waals surface area contributed by atoms with Crippen molar-refractivity contribution < 1.29 is 10.2 Å². The summed E-state index contributed by atoms with van der Waals surface area (Å²) in [5.74, 6) is 0. The first-order chi connectivity index (χ1) is 10.1. The summed E-state index contributed by atoms with van der Waals surface area (Å²) in [5.41, 5.74) is 1.81. The van der Waals surface area contributed by atoms with E-state index < -0.39 is 5.41 Å². The second kappa shape index (κ2) is 6.60. The third-order valence-corrected chi connectivity index (χ3v) is 4.44. The number of aliphatic hydroxyl groups excluding tert-OH is 2. The van der Waals surface area contributed by atoms with Crippen LogP contribution in [0.15, 0.2) is 30.3 Å². The van der Waals surface area contributed by atoms with Gasteiger partial charge < -0.3 is 10.2 Å².